The maximum atomic E-state index is 5.59. The first-order valence-corrected chi connectivity index (χ1v) is 5.37. The molecule has 0 unspecified atom stereocenters. The summed E-state index contributed by atoms with van der Waals surface area (Å²) < 4.78 is 0. The molecule has 0 atom stereocenters. The van der Waals surface area contributed by atoms with Crippen LogP contribution in [0.4, 0.5) is 0 Å². The van der Waals surface area contributed by atoms with Gasteiger partial charge in [0, 0.05) is 11.8 Å². The van der Waals surface area contributed by atoms with Crippen molar-refractivity contribution in [1.82, 2.24) is 4.98 Å². The van der Waals surface area contributed by atoms with Crippen molar-refractivity contribution in [2.75, 3.05) is 0 Å². The van der Waals surface area contributed by atoms with Crippen molar-refractivity contribution in [1.29, 1.82) is 0 Å². The second-order valence-electron chi connectivity index (χ2n) is 4.25. The zero-order valence-electron chi connectivity index (χ0n) is 9.91. The van der Waals surface area contributed by atoms with Crippen molar-refractivity contribution in [2.24, 2.45) is 0 Å². The van der Waals surface area contributed by atoms with Crippen molar-refractivity contribution in [3.8, 4) is 11.1 Å². The Morgan fingerprint density at radius 2 is 1.62 bits per heavy atom. The molecule has 0 N–H and O–H groups in total. The van der Waals surface area contributed by atoms with Gasteiger partial charge in [0.15, 0.2) is 0 Å². The summed E-state index contributed by atoms with van der Waals surface area (Å²) in [6.07, 6.45) is 1.83. The second kappa shape index (κ2) is 4.13. The third-order valence-corrected chi connectivity index (χ3v) is 2.75. The first-order chi connectivity index (χ1) is 7.58. The van der Waals surface area contributed by atoms with Gasteiger partial charge in [0.25, 0.3) is 0 Å². The number of rotatable bonds is 1. The molecule has 1 heterocycles. The summed E-state index contributed by atoms with van der Waals surface area (Å²) in [5.74, 6) is 0. The maximum Gasteiger partial charge on any atom is 0.141 e. The second-order valence-corrected chi connectivity index (χ2v) is 4.25. The summed E-state index contributed by atoms with van der Waals surface area (Å²) >= 11 is 0. The van der Waals surface area contributed by atoms with E-state index in [1.165, 1.54) is 22.3 Å². The Labute approximate surface area is 98.0 Å². The highest BCUT2D eigenvalue weighted by atomic mass is 14.6. The molecule has 1 aromatic heterocycles. The zero-order valence-corrected chi connectivity index (χ0v) is 9.91. The van der Waals surface area contributed by atoms with Crippen LogP contribution in [0, 0.1) is 20.8 Å². The third kappa shape index (κ3) is 2.01. The highest BCUT2D eigenvalue weighted by Crippen LogP contribution is 2.27. The molecule has 0 spiro atoms. The zero-order chi connectivity index (χ0) is 11.7. The first-order valence-electron chi connectivity index (χ1n) is 5.37. The van der Waals surface area contributed by atoms with Gasteiger partial charge in [-0.25, -0.2) is 0 Å². The molecule has 0 fully saturated rings. The Morgan fingerprint density at radius 3 is 2.12 bits per heavy atom. The van der Waals surface area contributed by atoms with E-state index in [4.69, 9.17) is 7.85 Å². The minimum absolute atomic E-state index is 0.561. The van der Waals surface area contributed by atoms with Crippen molar-refractivity contribution < 1.29 is 0 Å². The van der Waals surface area contributed by atoms with Gasteiger partial charge >= 0.3 is 0 Å². The van der Waals surface area contributed by atoms with Crippen LogP contribution in [0.3, 0.4) is 0 Å². The van der Waals surface area contributed by atoms with E-state index in [0.717, 1.165) is 5.56 Å². The van der Waals surface area contributed by atoms with Crippen LogP contribution in [-0.4, -0.2) is 12.8 Å². The topological polar surface area (TPSA) is 12.9 Å². The fourth-order valence-electron chi connectivity index (χ4n) is 2.19. The van der Waals surface area contributed by atoms with Gasteiger partial charge in [0.2, 0.25) is 0 Å². The van der Waals surface area contributed by atoms with E-state index in [0.29, 0.717) is 5.59 Å². The summed E-state index contributed by atoms with van der Waals surface area (Å²) in [4.78, 5) is 4.14. The number of pyridine rings is 1. The summed E-state index contributed by atoms with van der Waals surface area (Å²) in [5.41, 5.74) is 6.81. The standard InChI is InChI=1S/C14H14BN/c1-9-6-10(2)14(11(3)7-9)12-4-5-13(15)16-8-12/h4-8H,1-3H3. The van der Waals surface area contributed by atoms with Crippen molar-refractivity contribution >= 4 is 13.4 Å². The van der Waals surface area contributed by atoms with Crippen LogP contribution >= 0.6 is 0 Å². The average Bonchev–Trinajstić information content (AvgIpc) is 2.19. The smallest absolute Gasteiger partial charge is 0.141 e. The van der Waals surface area contributed by atoms with E-state index in [-0.39, 0.29) is 0 Å². The quantitative estimate of drug-likeness (QED) is 0.654. The molecule has 0 saturated heterocycles. The van der Waals surface area contributed by atoms with Gasteiger partial charge in [0.1, 0.15) is 7.85 Å². The van der Waals surface area contributed by atoms with E-state index in [1.807, 2.05) is 18.3 Å². The molecule has 0 bridgehead atoms. The number of aryl methyl sites for hydroxylation is 3. The minimum Gasteiger partial charge on any atom is -0.272 e. The monoisotopic (exact) mass is 207 g/mol. The highest BCUT2D eigenvalue weighted by molar-refractivity contribution is 6.30. The molecule has 0 saturated carbocycles. The highest BCUT2D eigenvalue weighted by Gasteiger charge is 2.06. The summed E-state index contributed by atoms with van der Waals surface area (Å²) in [7, 11) is 5.59. The van der Waals surface area contributed by atoms with E-state index in [2.05, 4.69) is 37.9 Å². The number of benzene rings is 1. The van der Waals surface area contributed by atoms with Gasteiger partial charge in [-0.2, -0.15) is 0 Å². The Bertz CT molecular complexity index is 492. The van der Waals surface area contributed by atoms with E-state index < -0.39 is 0 Å². The molecule has 2 radical (unpaired) electrons. The summed E-state index contributed by atoms with van der Waals surface area (Å²) in [5, 5.41) is 0. The molecule has 2 rings (SSSR count). The lowest BCUT2D eigenvalue weighted by molar-refractivity contribution is 1.30. The van der Waals surface area contributed by atoms with Crippen LogP contribution in [0.2, 0.25) is 0 Å². The predicted molar refractivity (Wildman–Crippen MR) is 69.3 cm³/mol. The van der Waals surface area contributed by atoms with Crippen molar-refractivity contribution in [3.63, 3.8) is 0 Å². The van der Waals surface area contributed by atoms with Crippen LogP contribution in [-0.2, 0) is 0 Å². The van der Waals surface area contributed by atoms with Gasteiger partial charge in [-0.05, 0) is 43.1 Å². The van der Waals surface area contributed by atoms with Crippen LogP contribution in [0.1, 0.15) is 16.7 Å². The first kappa shape index (κ1) is 10.9. The third-order valence-electron chi connectivity index (χ3n) is 2.75. The van der Waals surface area contributed by atoms with Gasteiger partial charge in [-0.15, -0.1) is 0 Å². The number of nitrogens with zero attached hydrogens (tertiary/aromatic N) is 1. The molecule has 2 heteroatoms. The van der Waals surface area contributed by atoms with E-state index in [9.17, 15) is 0 Å². The number of aromatic nitrogens is 1. The molecule has 2 aromatic rings. The molecular weight excluding hydrogens is 193 g/mol. The summed E-state index contributed by atoms with van der Waals surface area (Å²) in [6.45, 7) is 6.38. The molecule has 1 aromatic carbocycles. The molecule has 1 nitrogen and oxygen atoms in total. The van der Waals surface area contributed by atoms with Crippen LogP contribution in [0.5, 0.6) is 0 Å². The van der Waals surface area contributed by atoms with Crippen molar-refractivity contribution in [2.45, 2.75) is 20.8 Å². The molecule has 16 heavy (non-hydrogen) atoms. The van der Waals surface area contributed by atoms with E-state index in [1.54, 1.807) is 0 Å². The van der Waals surface area contributed by atoms with Gasteiger partial charge in [-0.3, -0.25) is 4.98 Å². The normalized spacial score (nSPS) is 10.4. The minimum atomic E-state index is 0.561. The lowest BCUT2D eigenvalue weighted by Gasteiger charge is -2.11. The Balaban J connectivity index is 2.60. The van der Waals surface area contributed by atoms with Gasteiger partial charge < -0.3 is 0 Å². The summed E-state index contributed by atoms with van der Waals surface area (Å²) in [6, 6.07) is 8.25. The molecule has 78 valence electrons. The maximum absolute atomic E-state index is 5.59. The SMILES string of the molecule is [B]c1ccc(-c2c(C)cc(C)cc2C)cn1. The van der Waals surface area contributed by atoms with Crippen LogP contribution < -0.4 is 5.59 Å². The Morgan fingerprint density at radius 1 is 1.00 bits per heavy atom. The lowest BCUT2D eigenvalue weighted by Crippen LogP contribution is -2.06. The molecule has 0 amide bonds. The van der Waals surface area contributed by atoms with Gasteiger partial charge in [-0.1, -0.05) is 29.8 Å². The van der Waals surface area contributed by atoms with Crippen LogP contribution in [0.25, 0.3) is 11.1 Å². The Kier molecular flexibility index (Phi) is 2.82. The molecule has 0 aliphatic carbocycles. The molecule has 0 aliphatic heterocycles. The fourth-order valence-corrected chi connectivity index (χ4v) is 2.19. The largest absolute Gasteiger partial charge is 0.272 e. The van der Waals surface area contributed by atoms with Crippen LogP contribution in [0.15, 0.2) is 30.5 Å². The fraction of sp³-hybridized carbons (Fsp3) is 0.214. The predicted octanol–water partition coefficient (Wildman–Crippen LogP) is 2.47. The number of hydrogen-bond donors (Lipinski definition) is 0. The lowest BCUT2D eigenvalue weighted by atomic mass is 9.94. The Hall–Kier alpha value is -1.57. The van der Waals surface area contributed by atoms with Gasteiger partial charge in [0.05, 0.1) is 0 Å². The molecular formula is C14H14BN. The number of hydrogen-bond acceptors (Lipinski definition) is 1. The average molecular weight is 207 g/mol. The van der Waals surface area contributed by atoms with Crippen molar-refractivity contribution in [3.05, 3.63) is 47.2 Å². The molecule has 0 aliphatic rings. The van der Waals surface area contributed by atoms with E-state index >= 15 is 0 Å².